The van der Waals surface area contributed by atoms with E-state index in [2.05, 4.69) is 20.8 Å². The van der Waals surface area contributed by atoms with Crippen LogP contribution in [0.25, 0.3) is 0 Å². The van der Waals surface area contributed by atoms with Crippen LogP contribution >= 0.6 is 0 Å². The van der Waals surface area contributed by atoms with Crippen LogP contribution in [0.2, 0.25) is 0 Å². The van der Waals surface area contributed by atoms with Crippen LogP contribution in [0.4, 0.5) is 0 Å². The summed E-state index contributed by atoms with van der Waals surface area (Å²) in [4.78, 5) is 0. The summed E-state index contributed by atoms with van der Waals surface area (Å²) < 4.78 is 0. The van der Waals surface area contributed by atoms with E-state index in [1.165, 1.54) is 25.7 Å². The molecule has 0 N–H and O–H groups in total. The molecule has 3 atom stereocenters. The maximum absolute atomic E-state index is 2.48. The van der Waals surface area contributed by atoms with Crippen molar-refractivity contribution in [1.82, 2.24) is 0 Å². The molecule has 0 radical (unpaired) electrons. The van der Waals surface area contributed by atoms with Crippen molar-refractivity contribution in [2.24, 2.45) is 23.2 Å². The monoisotopic (exact) mass is 166 g/mol. The molecule has 0 aliphatic heterocycles. The number of hydrogen-bond acceptors (Lipinski definition) is 0. The van der Waals surface area contributed by atoms with E-state index < -0.39 is 0 Å². The Morgan fingerprint density at radius 3 is 2.08 bits per heavy atom. The average Bonchev–Trinajstić information content (AvgIpc) is 2.05. The van der Waals surface area contributed by atoms with Crippen LogP contribution in [-0.2, 0) is 0 Å². The predicted octanol–water partition coefficient (Wildman–Crippen LogP) is 3.86. The van der Waals surface area contributed by atoms with Gasteiger partial charge in [0.1, 0.15) is 0 Å². The molecule has 70 valence electrons. The fourth-order valence-corrected chi connectivity index (χ4v) is 3.47. The zero-order chi connectivity index (χ0) is 8.77. The topological polar surface area (TPSA) is 0 Å². The summed E-state index contributed by atoms with van der Waals surface area (Å²) in [5.74, 6) is 3.24. The number of rotatable bonds is 2. The summed E-state index contributed by atoms with van der Waals surface area (Å²) in [6.45, 7) is 7.29. The molecule has 0 aromatic carbocycles. The molecule has 0 heteroatoms. The van der Waals surface area contributed by atoms with Crippen molar-refractivity contribution in [3.8, 4) is 0 Å². The molecule has 0 heterocycles. The lowest BCUT2D eigenvalue weighted by Gasteiger charge is -2.59. The van der Waals surface area contributed by atoms with E-state index in [1.807, 2.05) is 0 Å². The second kappa shape index (κ2) is 2.75. The summed E-state index contributed by atoms with van der Waals surface area (Å²) >= 11 is 0. The highest BCUT2D eigenvalue weighted by Gasteiger charge is 2.52. The SMILES string of the molecule is CCCC1CC2C[C@H](C1)C2(C)C. The third-order valence-electron chi connectivity index (χ3n) is 4.61. The van der Waals surface area contributed by atoms with Crippen LogP contribution < -0.4 is 0 Å². The van der Waals surface area contributed by atoms with Crippen molar-refractivity contribution in [3.05, 3.63) is 0 Å². The molecule has 0 aromatic heterocycles. The highest BCUT2D eigenvalue weighted by atomic mass is 14.6. The van der Waals surface area contributed by atoms with Gasteiger partial charge in [-0.3, -0.25) is 0 Å². The van der Waals surface area contributed by atoms with Crippen LogP contribution in [0.3, 0.4) is 0 Å². The van der Waals surface area contributed by atoms with Crippen LogP contribution in [0, 0.1) is 23.2 Å². The van der Waals surface area contributed by atoms with Crippen LogP contribution in [-0.4, -0.2) is 0 Å². The lowest BCUT2D eigenvalue weighted by atomic mass is 9.46. The Kier molecular flexibility index (Phi) is 1.97. The first kappa shape index (κ1) is 8.59. The average molecular weight is 166 g/mol. The molecule has 0 aromatic rings. The second-order valence-electron chi connectivity index (χ2n) is 5.58. The van der Waals surface area contributed by atoms with Crippen molar-refractivity contribution in [2.45, 2.75) is 52.9 Å². The zero-order valence-electron chi connectivity index (χ0n) is 8.77. The molecule has 3 aliphatic rings. The van der Waals surface area contributed by atoms with Gasteiger partial charge in [0.25, 0.3) is 0 Å². The molecule has 2 bridgehead atoms. The third-order valence-corrected chi connectivity index (χ3v) is 4.61. The molecule has 0 nitrogen and oxygen atoms in total. The standard InChI is InChI=1S/C12H22/c1-4-5-9-6-10-8-11(7-9)12(10,2)3/h9-11H,4-8H2,1-3H3/t9?,10-,11?/m0/s1. The van der Waals surface area contributed by atoms with Gasteiger partial charge in [-0.05, 0) is 42.4 Å². The summed E-state index contributed by atoms with van der Waals surface area (Å²) in [5.41, 5.74) is 0.713. The van der Waals surface area contributed by atoms with Crippen molar-refractivity contribution < 1.29 is 0 Å². The van der Waals surface area contributed by atoms with E-state index in [4.69, 9.17) is 0 Å². The number of hydrogen-bond donors (Lipinski definition) is 0. The summed E-state index contributed by atoms with van der Waals surface area (Å²) in [5, 5.41) is 0. The van der Waals surface area contributed by atoms with Crippen molar-refractivity contribution in [2.75, 3.05) is 0 Å². The molecular formula is C12H22. The van der Waals surface area contributed by atoms with E-state index in [1.54, 1.807) is 6.42 Å². The molecule has 3 fully saturated rings. The van der Waals surface area contributed by atoms with E-state index >= 15 is 0 Å². The second-order valence-corrected chi connectivity index (χ2v) is 5.58. The maximum Gasteiger partial charge on any atom is -0.0297 e. The Labute approximate surface area is 76.7 Å². The van der Waals surface area contributed by atoms with Crippen molar-refractivity contribution in [3.63, 3.8) is 0 Å². The van der Waals surface area contributed by atoms with Gasteiger partial charge in [0, 0.05) is 0 Å². The minimum absolute atomic E-state index is 0.713. The van der Waals surface area contributed by atoms with Crippen LogP contribution in [0.1, 0.15) is 52.9 Å². The molecule has 3 aliphatic carbocycles. The summed E-state index contributed by atoms with van der Waals surface area (Å²) in [6.07, 6.45) is 7.51. The number of fused-ring (bicyclic) bond motifs is 2. The van der Waals surface area contributed by atoms with Gasteiger partial charge < -0.3 is 0 Å². The predicted molar refractivity (Wildman–Crippen MR) is 53.0 cm³/mol. The first-order valence-electron chi connectivity index (χ1n) is 5.64. The Morgan fingerprint density at radius 1 is 1.08 bits per heavy atom. The lowest BCUT2D eigenvalue weighted by Crippen LogP contribution is -2.50. The van der Waals surface area contributed by atoms with Gasteiger partial charge in [-0.2, -0.15) is 0 Å². The van der Waals surface area contributed by atoms with Gasteiger partial charge in [0.15, 0.2) is 0 Å². The summed E-state index contributed by atoms with van der Waals surface area (Å²) in [7, 11) is 0. The Hall–Kier alpha value is 0. The Balaban J connectivity index is 1.92. The van der Waals surface area contributed by atoms with E-state index in [0.717, 1.165) is 17.8 Å². The molecule has 0 spiro atoms. The Bertz CT molecular complexity index is 155. The molecule has 2 unspecified atom stereocenters. The van der Waals surface area contributed by atoms with E-state index in [0.29, 0.717) is 5.41 Å². The van der Waals surface area contributed by atoms with E-state index in [9.17, 15) is 0 Å². The zero-order valence-corrected chi connectivity index (χ0v) is 8.77. The van der Waals surface area contributed by atoms with Crippen LogP contribution in [0.5, 0.6) is 0 Å². The minimum atomic E-state index is 0.713. The molecule has 3 rings (SSSR count). The molecular weight excluding hydrogens is 144 g/mol. The van der Waals surface area contributed by atoms with Gasteiger partial charge >= 0.3 is 0 Å². The van der Waals surface area contributed by atoms with Gasteiger partial charge in [-0.1, -0.05) is 33.6 Å². The molecule has 0 amide bonds. The molecule has 12 heavy (non-hydrogen) atoms. The van der Waals surface area contributed by atoms with Crippen LogP contribution in [0.15, 0.2) is 0 Å². The van der Waals surface area contributed by atoms with Crippen molar-refractivity contribution >= 4 is 0 Å². The highest BCUT2D eigenvalue weighted by Crippen LogP contribution is 2.61. The van der Waals surface area contributed by atoms with E-state index in [-0.39, 0.29) is 0 Å². The first-order chi connectivity index (χ1) is 5.64. The van der Waals surface area contributed by atoms with Gasteiger partial charge in [-0.15, -0.1) is 0 Å². The quantitative estimate of drug-likeness (QED) is 0.584. The van der Waals surface area contributed by atoms with Gasteiger partial charge in [-0.25, -0.2) is 0 Å². The fraction of sp³-hybridized carbons (Fsp3) is 1.00. The van der Waals surface area contributed by atoms with Gasteiger partial charge in [0.2, 0.25) is 0 Å². The lowest BCUT2D eigenvalue weighted by molar-refractivity contribution is -0.0911. The molecule has 0 saturated heterocycles. The Morgan fingerprint density at radius 2 is 1.67 bits per heavy atom. The molecule has 3 saturated carbocycles. The fourth-order valence-electron chi connectivity index (χ4n) is 3.47. The minimum Gasteiger partial charge on any atom is -0.0654 e. The first-order valence-corrected chi connectivity index (χ1v) is 5.64. The maximum atomic E-state index is 2.48. The normalized spacial score (nSPS) is 43.8. The summed E-state index contributed by atoms with van der Waals surface area (Å²) in [6, 6.07) is 0. The highest BCUT2D eigenvalue weighted by molar-refractivity contribution is 5.01. The smallest absolute Gasteiger partial charge is 0.0297 e. The van der Waals surface area contributed by atoms with Crippen molar-refractivity contribution in [1.29, 1.82) is 0 Å². The largest absolute Gasteiger partial charge is 0.0654 e. The van der Waals surface area contributed by atoms with Gasteiger partial charge in [0.05, 0.1) is 0 Å². The third kappa shape index (κ3) is 1.11.